The Labute approximate surface area is 124 Å². The van der Waals surface area contributed by atoms with Crippen LogP contribution in [0.5, 0.6) is 0 Å². The van der Waals surface area contributed by atoms with Crippen molar-refractivity contribution in [3.8, 4) is 0 Å². The van der Waals surface area contributed by atoms with Crippen LogP contribution >= 0.6 is 0 Å². The van der Waals surface area contributed by atoms with Crippen LogP contribution in [0.1, 0.15) is 25.7 Å². The second kappa shape index (κ2) is 5.44. The molecule has 1 aliphatic rings. The van der Waals surface area contributed by atoms with Gasteiger partial charge >= 0.3 is 125 Å². The van der Waals surface area contributed by atoms with Gasteiger partial charge in [-0.05, 0) is 0 Å². The van der Waals surface area contributed by atoms with Crippen LogP contribution in [0.4, 0.5) is 0 Å². The van der Waals surface area contributed by atoms with Crippen LogP contribution in [0.2, 0.25) is 59.6 Å². The molecule has 1 fully saturated rings. The van der Waals surface area contributed by atoms with Crippen molar-refractivity contribution in [1.29, 1.82) is 0 Å². The minimum absolute atomic E-state index is 0.913. The molecule has 0 heterocycles. The number of hydrogen-bond donors (Lipinski definition) is 0. The van der Waals surface area contributed by atoms with Gasteiger partial charge in [-0.25, -0.2) is 0 Å². The Morgan fingerprint density at radius 1 is 0.722 bits per heavy atom. The molecule has 1 unspecified atom stereocenters. The molecule has 0 radical (unpaired) electrons. The van der Waals surface area contributed by atoms with E-state index in [-0.39, 0.29) is 0 Å². The van der Waals surface area contributed by atoms with Gasteiger partial charge in [0.05, 0.1) is 0 Å². The Balaban J connectivity index is 3.38. The zero-order valence-electron chi connectivity index (χ0n) is 14.4. The van der Waals surface area contributed by atoms with Crippen molar-refractivity contribution in [3.05, 3.63) is 0 Å². The normalized spacial score (nSPS) is 26.2. The summed E-state index contributed by atoms with van der Waals surface area (Å²) in [5.41, 5.74) is 0. The van der Waals surface area contributed by atoms with E-state index in [9.17, 15) is 0 Å². The van der Waals surface area contributed by atoms with Crippen molar-refractivity contribution in [2.24, 2.45) is 0 Å². The molecule has 108 valence electrons. The van der Waals surface area contributed by atoms with Crippen molar-refractivity contribution < 1.29 is 0 Å². The zero-order chi connectivity index (χ0) is 14.4. The Hall–Kier alpha value is 1.63. The first-order valence-electron chi connectivity index (χ1n) is 7.84. The van der Waals surface area contributed by atoms with Gasteiger partial charge in [-0.2, -0.15) is 0 Å². The average Bonchev–Trinajstić information content (AvgIpc) is 2.12. The maximum absolute atomic E-state index is 2.74. The average molecular weight is 434 g/mol. The Kier molecular flexibility index (Phi) is 5.34. The van der Waals surface area contributed by atoms with E-state index in [1.54, 1.807) is 19.3 Å². The Bertz CT molecular complexity index is 274. The fourth-order valence-electron chi connectivity index (χ4n) is 5.27. The van der Waals surface area contributed by atoms with Crippen molar-refractivity contribution in [3.63, 3.8) is 0 Å². The number of rotatable bonds is 3. The van der Waals surface area contributed by atoms with Gasteiger partial charge < -0.3 is 0 Å². The monoisotopic (exact) mass is 438 g/mol. The summed E-state index contributed by atoms with van der Waals surface area (Å²) in [5, 5.41) is 0. The summed E-state index contributed by atoms with van der Waals surface area (Å²) in [4.78, 5) is 0. The fourth-order valence-corrected chi connectivity index (χ4v) is 67.9. The van der Waals surface area contributed by atoms with Crippen LogP contribution in [-0.2, 0) is 0 Å². The van der Waals surface area contributed by atoms with Crippen molar-refractivity contribution in [1.82, 2.24) is 0 Å². The molecule has 1 aliphatic carbocycles. The molecule has 0 aromatic heterocycles. The van der Waals surface area contributed by atoms with E-state index < -0.39 is 39.8 Å². The summed E-state index contributed by atoms with van der Waals surface area (Å²) >= 11 is -4.84. The van der Waals surface area contributed by atoms with Gasteiger partial charge in [0, 0.05) is 0 Å². The van der Waals surface area contributed by atoms with Gasteiger partial charge in [-0.15, -0.1) is 0 Å². The summed E-state index contributed by atoms with van der Waals surface area (Å²) in [5.74, 6) is 24.5. The molecule has 0 saturated heterocycles. The SMILES string of the molecule is [CH3][Ge]([CH3])([CH3])[CH]1CCCC[C]1([Ge]([CH3])([CH3])[CH3])[Ge]([CH3])([CH3])[CH3]. The molecule has 0 aromatic rings. The van der Waals surface area contributed by atoms with Gasteiger partial charge in [0.15, 0.2) is 0 Å². The summed E-state index contributed by atoms with van der Waals surface area (Å²) in [6.07, 6.45) is 6.28. The van der Waals surface area contributed by atoms with Crippen molar-refractivity contribution in [2.45, 2.75) is 85.3 Å². The molecule has 18 heavy (non-hydrogen) atoms. The van der Waals surface area contributed by atoms with Crippen LogP contribution in [0, 0.1) is 0 Å². The van der Waals surface area contributed by atoms with Gasteiger partial charge in [0.1, 0.15) is 0 Å². The van der Waals surface area contributed by atoms with E-state index in [1.807, 2.05) is 0 Å². The second-order valence-corrected chi connectivity index (χ2v) is 45.9. The summed E-state index contributed by atoms with van der Waals surface area (Å²) in [6, 6.07) is 0. The third-order valence-electron chi connectivity index (χ3n) is 5.63. The van der Waals surface area contributed by atoms with Gasteiger partial charge in [-0.1, -0.05) is 0 Å². The van der Waals surface area contributed by atoms with Crippen molar-refractivity contribution in [2.75, 3.05) is 0 Å². The van der Waals surface area contributed by atoms with Crippen LogP contribution in [-0.4, -0.2) is 39.8 Å². The molecular formula is C15H36Ge3. The molecule has 0 aromatic carbocycles. The van der Waals surface area contributed by atoms with Gasteiger partial charge in [0.2, 0.25) is 0 Å². The summed E-state index contributed by atoms with van der Waals surface area (Å²) in [7, 11) is 0. The van der Waals surface area contributed by atoms with E-state index >= 15 is 0 Å². The van der Waals surface area contributed by atoms with Crippen LogP contribution in [0.15, 0.2) is 0 Å². The molecule has 0 N–H and O–H groups in total. The molecule has 1 atom stereocenters. The molecule has 0 amide bonds. The molecule has 1 rings (SSSR count). The third-order valence-corrected chi connectivity index (χ3v) is 44.3. The fraction of sp³-hybridized carbons (Fsp3) is 1.00. The van der Waals surface area contributed by atoms with E-state index in [2.05, 4.69) is 51.8 Å². The molecule has 3 heteroatoms. The maximum atomic E-state index is 2.74. The first-order chi connectivity index (χ1) is 7.84. The van der Waals surface area contributed by atoms with E-state index in [0.29, 0.717) is 0 Å². The van der Waals surface area contributed by atoms with Gasteiger partial charge in [0.25, 0.3) is 0 Å². The van der Waals surface area contributed by atoms with E-state index in [1.165, 1.54) is 11.2 Å². The third kappa shape index (κ3) is 3.10. The minimum atomic E-state index is -1.64. The Morgan fingerprint density at radius 3 is 1.44 bits per heavy atom. The second-order valence-electron chi connectivity index (χ2n) is 9.64. The molecular weight excluding hydrogens is 398 g/mol. The molecule has 0 spiro atoms. The van der Waals surface area contributed by atoms with Crippen molar-refractivity contribution >= 4 is 39.8 Å². The predicted octanol–water partition coefficient (Wildman–Crippen LogP) is 6.22. The summed E-state index contributed by atoms with van der Waals surface area (Å²) < 4.78 is 2.10. The quantitative estimate of drug-likeness (QED) is 0.463. The van der Waals surface area contributed by atoms with Gasteiger partial charge in [-0.3, -0.25) is 0 Å². The van der Waals surface area contributed by atoms with Crippen LogP contribution < -0.4 is 0 Å². The molecule has 1 saturated carbocycles. The summed E-state index contributed by atoms with van der Waals surface area (Å²) in [6.45, 7) is 0. The van der Waals surface area contributed by atoms with Crippen LogP contribution in [0.3, 0.4) is 0 Å². The van der Waals surface area contributed by atoms with E-state index in [0.717, 1.165) is 3.08 Å². The molecule has 0 nitrogen and oxygen atoms in total. The Morgan fingerprint density at radius 2 is 1.17 bits per heavy atom. The first kappa shape index (κ1) is 17.7. The topological polar surface area (TPSA) is 0 Å². The van der Waals surface area contributed by atoms with Crippen LogP contribution in [0.25, 0.3) is 0 Å². The number of hydrogen-bond acceptors (Lipinski definition) is 0. The molecule has 0 bridgehead atoms. The predicted molar refractivity (Wildman–Crippen MR) is 94.9 cm³/mol. The standard InChI is InChI=1S/C15H36Ge3/c1-16(2,3)14-12-10-11-13-15(14,17(4,5)6)18(7,8)9/h14H,10-13H2,1-9H3. The molecule has 0 aliphatic heterocycles. The zero-order valence-corrected chi connectivity index (χ0v) is 20.7. The first-order valence-corrected chi connectivity index (χ1v) is 30.0. The van der Waals surface area contributed by atoms with E-state index in [4.69, 9.17) is 0 Å².